The molecular formula is C10H20N2O2. The van der Waals surface area contributed by atoms with Crippen molar-refractivity contribution in [2.75, 3.05) is 20.2 Å². The number of nitrogens with two attached hydrogens (primary N) is 1. The van der Waals surface area contributed by atoms with E-state index in [0.717, 1.165) is 6.54 Å². The van der Waals surface area contributed by atoms with Crippen molar-refractivity contribution >= 4 is 5.91 Å². The zero-order chi connectivity index (χ0) is 10.4. The van der Waals surface area contributed by atoms with Crippen LogP contribution in [0.5, 0.6) is 0 Å². The number of methoxy groups -OCH3 is 1. The van der Waals surface area contributed by atoms with Gasteiger partial charge in [0, 0.05) is 20.2 Å². The van der Waals surface area contributed by atoms with Crippen molar-refractivity contribution in [3.8, 4) is 0 Å². The Bertz CT molecular complexity index is 175. The van der Waals surface area contributed by atoms with Gasteiger partial charge in [0.05, 0.1) is 0 Å². The second kappa shape index (κ2) is 5.98. The van der Waals surface area contributed by atoms with Crippen LogP contribution >= 0.6 is 0 Å². The third-order valence-corrected chi connectivity index (χ3v) is 2.83. The van der Waals surface area contributed by atoms with Gasteiger partial charge in [-0.3, -0.25) is 4.79 Å². The van der Waals surface area contributed by atoms with Gasteiger partial charge in [0.15, 0.2) is 0 Å². The van der Waals surface area contributed by atoms with Gasteiger partial charge in [-0.15, -0.1) is 0 Å². The summed E-state index contributed by atoms with van der Waals surface area (Å²) in [5, 5.41) is 2.88. The molecule has 0 saturated heterocycles. The molecule has 0 heterocycles. The Morgan fingerprint density at radius 1 is 1.57 bits per heavy atom. The highest BCUT2D eigenvalue weighted by molar-refractivity contribution is 5.80. The summed E-state index contributed by atoms with van der Waals surface area (Å²) in [4.78, 5) is 11.4. The highest BCUT2D eigenvalue weighted by Gasteiger charge is 2.19. The molecular weight excluding hydrogens is 180 g/mol. The average Bonchev–Trinajstić information content (AvgIpc) is 2.69. The molecule has 1 aliphatic rings. The lowest BCUT2D eigenvalue weighted by Crippen LogP contribution is -2.42. The third-order valence-electron chi connectivity index (χ3n) is 2.83. The number of nitrogens with one attached hydrogen (secondary N) is 1. The van der Waals surface area contributed by atoms with Gasteiger partial charge < -0.3 is 15.8 Å². The summed E-state index contributed by atoms with van der Waals surface area (Å²) in [5.41, 5.74) is 5.38. The molecule has 1 unspecified atom stereocenters. The quantitative estimate of drug-likeness (QED) is 0.669. The lowest BCUT2D eigenvalue weighted by atomic mass is 10.1. The maximum Gasteiger partial charge on any atom is 0.250 e. The first kappa shape index (κ1) is 11.5. The fourth-order valence-corrected chi connectivity index (χ4v) is 1.88. The van der Waals surface area contributed by atoms with E-state index in [0.29, 0.717) is 5.92 Å². The second-order valence-electron chi connectivity index (χ2n) is 3.86. The maximum absolute atomic E-state index is 11.4. The number of carbonyl (C=O) groups is 1. The molecule has 1 rings (SSSR count). The molecule has 1 saturated carbocycles. The van der Waals surface area contributed by atoms with Gasteiger partial charge in [-0.25, -0.2) is 0 Å². The average molecular weight is 200 g/mol. The van der Waals surface area contributed by atoms with Crippen molar-refractivity contribution in [2.24, 2.45) is 11.7 Å². The van der Waals surface area contributed by atoms with E-state index < -0.39 is 6.10 Å². The van der Waals surface area contributed by atoms with E-state index in [9.17, 15) is 4.79 Å². The first-order valence-corrected chi connectivity index (χ1v) is 5.28. The number of ether oxygens (including phenoxy) is 1. The molecule has 4 heteroatoms. The van der Waals surface area contributed by atoms with Gasteiger partial charge in [-0.2, -0.15) is 0 Å². The van der Waals surface area contributed by atoms with Crippen molar-refractivity contribution in [3.05, 3.63) is 0 Å². The Labute approximate surface area is 85.2 Å². The Morgan fingerprint density at radius 2 is 2.21 bits per heavy atom. The van der Waals surface area contributed by atoms with Gasteiger partial charge in [-0.1, -0.05) is 12.8 Å². The molecule has 0 aromatic carbocycles. The summed E-state index contributed by atoms with van der Waals surface area (Å²) >= 11 is 0. The van der Waals surface area contributed by atoms with Crippen LogP contribution in [0.15, 0.2) is 0 Å². The molecule has 1 fully saturated rings. The summed E-state index contributed by atoms with van der Waals surface area (Å²) in [6.07, 6.45) is 4.58. The summed E-state index contributed by atoms with van der Waals surface area (Å²) in [6.45, 7) is 1.02. The summed E-state index contributed by atoms with van der Waals surface area (Å²) < 4.78 is 4.94. The summed E-state index contributed by atoms with van der Waals surface area (Å²) in [5.74, 6) is 0.580. The van der Waals surface area contributed by atoms with Crippen LogP contribution in [-0.2, 0) is 9.53 Å². The molecule has 14 heavy (non-hydrogen) atoms. The predicted molar refractivity (Wildman–Crippen MR) is 54.8 cm³/mol. The van der Waals surface area contributed by atoms with Gasteiger partial charge in [0.1, 0.15) is 6.10 Å². The monoisotopic (exact) mass is 200 g/mol. The number of amides is 1. The molecule has 0 aromatic heterocycles. The summed E-state index contributed by atoms with van der Waals surface area (Å²) in [6, 6.07) is 0. The van der Waals surface area contributed by atoms with Crippen molar-refractivity contribution in [1.82, 2.24) is 5.32 Å². The molecule has 1 atom stereocenters. The second-order valence-corrected chi connectivity index (χ2v) is 3.86. The molecule has 0 bridgehead atoms. The Kier molecular flexibility index (Phi) is 4.90. The third kappa shape index (κ3) is 3.27. The van der Waals surface area contributed by atoms with E-state index in [4.69, 9.17) is 10.5 Å². The molecule has 0 spiro atoms. The molecule has 0 aliphatic heterocycles. The smallest absolute Gasteiger partial charge is 0.250 e. The summed E-state index contributed by atoms with van der Waals surface area (Å²) in [7, 11) is 1.51. The van der Waals surface area contributed by atoms with E-state index in [-0.39, 0.29) is 12.5 Å². The van der Waals surface area contributed by atoms with Crippen molar-refractivity contribution in [3.63, 3.8) is 0 Å². The number of hydrogen-bond acceptors (Lipinski definition) is 3. The lowest BCUT2D eigenvalue weighted by Gasteiger charge is -2.15. The van der Waals surface area contributed by atoms with E-state index >= 15 is 0 Å². The Balaban J connectivity index is 2.18. The van der Waals surface area contributed by atoms with Crippen LogP contribution in [-0.4, -0.2) is 32.2 Å². The number of rotatable bonds is 5. The molecule has 3 N–H and O–H groups in total. The zero-order valence-corrected chi connectivity index (χ0v) is 8.79. The predicted octanol–water partition coefficient (Wildman–Crippen LogP) is 0.267. The highest BCUT2D eigenvalue weighted by atomic mass is 16.5. The van der Waals surface area contributed by atoms with Crippen LogP contribution in [0.4, 0.5) is 0 Å². The van der Waals surface area contributed by atoms with Crippen molar-refractivity contribution in [1.29, 1.82) is 0 Å². The minimum Gasteiger partial charge on any atom is -0.370 e. The molecule has 82 valence electrons. The lowest BCUT2D eigenvalue weighted by molar-refractivity contribution is -0.130. The van der Waals surface area contributed by atoms with Crippen molar-refractivity contribution < 1.29 is 9.53 Å². The van der Waals surface area contributed by atoms with Gasteiger partial charge in [0.25, 0.3) is 0 Å². The minimum absolute atomic E-state index is 0.0816. The standard InChI is InChI=1S/C10H20N2O2/c1-14-9(6-11)10(13)12-7-8-4-2-3-5-8/h8-9H,2-7,11H2,1H3,(H,12,13). The Morgan fingerprint density at radius 3 is 2.71 bits per heavy atom. The van der Waals surface area contributed by atoms with Crippen LogP contribution in [0.2, 0.25) is 0 Å². The van der Waals surface area contributed by atoms with Crippen molar-refractivity contribution in [2.45, 2.75) is 31.8 Å². The first-order chi connectivity index (χ1) is 6.77. The maximum atomic E-state index is 11.4. The normalized spacial score (nSPS) is 19.6. The fraction of sp³-hybridized carbons (Fsp3) is 0.900. The van der Waals surface area contributed by atoms with E-state index in [1.54, 1.807) is 0 Å². The highest BCUT2D eigenvalue weighted by Crippen LogP contribution is 2.23. The molecule has 4 nitrogen and oxygen atoms in total. The van der Waals surface area contributed by atoms with Crippen LogP contribution in [0.25, 0.3) is 0 Å². The number of carbonyl (C=O) groups excluding carboxylic acids is 1. The van der Waals surface area contributed by atoms with Crippen LogP contribution in [0.3, 0.4) is 0 Å². The van der Waals surface area contributed by atoms with Crippen LogP contribution in [0, 0.1) is 5.92 Å². The van der Waals surface area contributed by atoms with E-state index in [2.05, 4.69) is 5.32 Å². The molecule has 0 aromatic rings. The topological polar surface area (TPSA) is 64.3 Å². The number of hydrogen-bond donors (Lipinski definition) is 2. The van der Waals surface area contributed by atoms with Crippen LogP contribution in [0.1, 0.15) is 25.7 Å². The fourth-order valence-electron chi connectivity index (χ4n) is 1.88. The first-order valence-electron chi connectivity index (χ1n) is 5.28. The van der Waals surface area contributed by atoms with Gasteiger partial charge in [0.2, 0.25) is 5.91 Å². The van der Waals surface area contributed by atoms with Gasteiger partial charge in [-0.05, 0) is 18.8 Å². The molecule has 0 radical (unpaired) electrons. The van der Waals surface area contributed by atoms with Gasteiger partial charge >= 0.3 is 0 Å². The SMILES string of the molecule is COC(CN)C(=O)NCC1CCCC1. The molecule has 1 amide bonds. The van der Waals surface area contributed by atoms with E-state index in [1.165, 1.54) is 32.8 Å². The zero-order valence-electron chi connectivity index (χ0n) is 8.79. The largest absolute Gasteiger partial charge is 0.370 e. The van der Waals surface area contributed by atoms with Crippen LogP contribution < -0.4 is 11.1 Å². The molecule has 1 aliphatic carbocycles. The Hall–Kier alpha value is -0.610. The minimum atomic E-state index is -0.489. The van der Waals surface area contributed by atoms with E-state index in [1.807, 2.05) is 0 Å².